The largest absolute Gasteiger partial charge is 0.486 e. The molecule has 1 amide bonds. The van der Waals surface area contributed by atoms with Gasteiger partial charge in [0.15, 0.2) is 11.5 Å². The molecule has 0 radical (unpaired) electrons. The van der Waals surface area contributed by atoms with E-state index in [0.717, 1.165) is 37.7 Å². The molecule has 27 heavy (non-hydrogen) atoms. The SMILES string of the molecule is COC(=O)c1c(NC(=O)c2ccc3c(c2)OCCO3)sc2c1CCCCC2. The van der Waals surface area contributed by atoms with Crippen LogP contribution >= 0.6 is 11.3 Å². The van der Waals surface area contributed by atoms with E-state index in [1.807, 2.05) is 0 Å². The maximum atomic E-state index is 12.8. The van der Waals surface area contributed by atoms with E-state index in [1.165, 1.54) is 23.3 Å². The van der Waals surface area contributed by atoms with E-state index >= 15 is 0 Å². The Hall–Kier alpha value is -2.54. The van der Waals surface area contributed by atoms with Crippen molar-refractivity contribution in [3.63, 3.8) is 0 Å². The number of methoxy groups -OCH3 is 1. The summed E-state index contributed by atoms with van der Waals surface area (Å²) in [5.74, 6) is 0.514. The topological polar surface area (TPSA) is 73.9 Å². The summed E-state index contributed by atoms with van der Waals surface area (Å²) in [5, 5.41) is 3.47. The molecule has 1 aliphatic carbocycles. The van der Waals surface area contributed by atoms with Gasteiger partial charge in [-0.3, -0.25) is 4.79 Å². The summed E-state index contributed by atoms with van der Waals surface area (Å²) >= 11 is 1.48. The number of carbonyl (C=O) groups excluding carboxylic acids is 2. The number of rotatable bonds is 3. The van der Waals surface area contributed by atoms with Crippen LogP contribution in [0.25, 0.3) is 0 Å². The number of thiophene rings is 1. The van der Waals surface area contributed by atoms with Crippen molar-refractivity contribution in [2.45, 2.75) is 32.1 Å². The number of nitrogens with one attached hydrogen (secondary N) is 1. The summed E-state index contributed by atoms with van der Waals surface area (Å²) < 4.78 is 16.0. The first-order valence-electron chi connectivity index (χ1n) is 9.11. The zero-order valence-electron chi connectivity index (χ0n) is 15.1. The van der Waals surface area contributed by atoms with Crippen LogP contribution in [0.4, 0.5) is 5.00 Å². The molecule has 142 valence electrons. The van der Waals surface area contributed by atoms with Crippen molar-refractivity contribution in [3.05, 3.63) is 39.8 Å². The quantitative estimate of drug-likeness (QED) is 0.640. The highest BCUT2D eigenvalue weighted by atomic mass is 32.1. The van der Waals surface area contributed by atoms with Gasteiger partial charge < -0.3 is 19.5 Å². The molecule has 2 heterocycles. The molecule has 0 bridgehead atoms. The summed E-state index contributed by atoms with van der Waals surface area (Å²) in [6.45, 7) is 0.962. The Morgan fingerprint density at radius 1 is 1.07 bits per heavy atom. The summed E-state index contributed by atoms with van der Waals surface area (Å²) in [7, 11) is 1.37. The van der Waals surface area contributed by atoms with E-state index in [9.17, 15) is 9.59 Å². The van der Waals surface area contributed by atoms with Crippen molar-refractivity contribution in [2.24, 2.45) is 0 Å². The summed E-state index contributed by atoms with van der Waals surface area (Å²) in [6.07, 6.45) is 5.08. The predicted octanol–water partition coefficient (Wildman–Crippen LogP) is 3.83. The zero-order chi connectivity index (χ0) is 18.8. The Morgan fingerprint density at radius 3 is 2.67 bits per heavy atom. The van der Waals surface area contributed by atoms with E-state index in [-0.39, 0.29) is 5.91 Å². The Labute approximate surface area is 161 Å². The molecule has 2 aromatic rings. The highest BCUT2D eigenvalue weighted by Gasteiger charge is 2.26. The van der Waals surface area contributed by atoms with Crippen LogP contribution in [-0.4, -0.2) is 32.2 Å². The first-order chi connectivity index (χ1) is 13.2. The van der Waals surface area contributed by atoms with Crippen molar-refractivity contribution in [3.8, 4) is 11.5 Å². The molecule has 1 aromatic carbocycles. The molecule has 1 aliphatic heterocycles. The average molecular weight is 387 g/mol. The van der Waals surface area contributed by atoms with E-state index in [0.29, 0.717) is 40.8 Å². The van der Waals surface area contributed by atoms with Crippen LogP contribution in [0.2, 0.25) is 0 Å². The van der Waals surface area contributed by atoms with Gasteiger partial charge in [0.1, 0.15) is 18.2 Å². The lowest BCUT2D eigenvalue weighted by molar-refractivity contribution is 0.0601. The zero-order valence-corrected chi connectivity index (χ0v) is 15.9. The molecule has 4 rings (SSSR count). The fourth-order valence-corrected chi connectivity index (χ4v) is 4.78. The van der Waals surface area contributed by atoms with Crippen LogP contribution in [0.5, 0.6) is 11.5 Å². The predicted molar refractivity (Wildman–Crippen MR) is 102 cm³/mol. The van der Waals surface area contributed by atoms with Crippen LogP contribution in [-0.2, 0) is 17.6 Å². The normalized spacial score (nSPS) is 15.4. The minimum Gasteiger partial charge on any atom is -0.486 e. The maximum absolute atomic E-state index is 12.8. The van der Waals surface area contributed by atoms with Crippen LogP contribution < -0.4 is 14.8 Å². The molecule has 0 atom stereocenters. The highest BCUT2D eigenvalue weighted by molar-refractivity contribution is 7.17. The number of fused-ring (bicyclic) bond motifs is 2. The summed E-state index contributed by atoms with van der Waals surface area (Å²) in [5.41, 5.74) is 1.99. The summed E-state index contributed by atoms with van der Waals surface area (Å²) in [6, 6.07) is 5.09. The minimum atomic E-state index is -0.396. The molecular formula is C20H21NO5S. The van der Waals surface area contributed by atoms with Crippen LogP contribution in [0.15, 0.2) is 18.2 Å². The third kappa shape index (κ3) is 3.51. The number of esters is 1. The van der Waals surface area contributed by atoms with Gasteiger partial charge in [0.05, 0.1) is 12.7 Å². The van der Waals surface area contributed by atoms with Gasteiger partial charge in [-0.25, -0.2) is 4.79 Å². The van der Waals surface area contributed by atoms with Gasteiger partial charge in [-0.2, -0.15) is 0 Å². The molecule has 0 saturated carbocycles. The van der Waals surface area contributed by atoms with Crippen LogP contribution in [0.1, 0.15) is 50.4 Å². The fraction of sp³-hybridized carbons (Fsp3) is 0.400. The van der Waals surface area contributed by atoms with Gasteiger partial charge in [0, 0.05) is 10.4 Å². The standard InChI is InChI=1S/C20H21NO5S/c1-24-20(23)17-13-5-3-2-4-6-16(13)27-19(17)21-18(22)12-7-8-14-15(11-12)26-10-9-25-14/h7-8,11H,2-6,9-10H2,1H3,(H,21,22). The smallest absolute Gasteiger partial charge is 0.341 e. The first kappa shape index (κ1) is 17.9. The van der Waals surface area contributed by atoms with Crippen molar-refractivity contribution in [1.29, 1.82) is 0 Å². The number of benzene rings is 1. The molecule has 0 saturated heterocycles. The van der Waals surface area contributed by atoms with Gasteiger partial charge in [0.25, 0.3) is 5.91 Å². The number of hydrogen-bond donors (Lipinski definition) is 1. The Morgan fingerprint density at radius 2 is 1.85 bits per heavy atom. The second-order valence-electron chi connectivity index (χ2n) is 6.57. The minimum absolute atomic E-state index is 0.284. The summed E-state index contributed by atoms with van der Waals surface area (Å²) in [4.78, 5) is 26.3. The Kier molecular flexibility index (Phi) is 5.03. The van der Waals surface area contributed by atoms with Crippen LogP contribution in [0, 0.1) is 0 Å². The Bertz CT molecular complexity index is 889. The molecule has 0 fully saturated rings. The van der Waals surface area contributed by atoms with E-state index < -0.39 is 5.97 Å². The average Bonchev–Trinajstić information content (AvgIpc) is 2.87. The lowest BCUT2D eigenvalue weighted by atomic mass is 10.1. The second-order valence-corrected chi connectivity index (χ2v) is 7.68. The number of anilines is 1. The molecule has 1 aromatic heterocycles. The van der Waals surface area contributed by atoms with E-state index in [1.54, 1.807) is 18.2 Å². The molecule has 6 nitrogen and oxygen atoms in total. The lowest BCUT2D eigenvalue weighted by Crippen LogP contribution is -2.17. The van der Waals surface area contributed by atoms with Crippen molar-refractivity contribution in [2.75, 3.05) is 25.6 Å². The monoisotopic (exact) mass is 387 g/mol. The van der Waals surface area contributed by atoms with Crippen molar-refractivity contribution >= 4 is 28.2 Å². The number of hydrogen-bond acceptors (Lipinski definition) is 6. The van der Waals surface area contributed by atoms with Gasteiger partial charge in [-0.15, -0.1) is 11.3 Å². The first-order valence-corrected chi connectivity index (χ1v) is 9.93. The van der Waals surface area contributed by atoms with E-state index in [2.05, 4.69) is 5.32 Å². The Balaban J connectivity index is 1.64. The third-order valence-electron chi connectivity index (χ3n) is 4.84. The van der Waals surface area contributed by atoms with Crippen molar-refractivity contribution in [1.82, 2.24) is 0 Å². The number of ether oxygens (including phenoxy) is 3. The molecule has 7 heteroatoms. The van der Waals surface area contributed by atoms with Gasteiger partial charge in [0.2, 0.25) is 0 Å². The highest BCUT2D eigenvalue weighted by Crippen LogP contribution is 2.38. The third-order valence-corrected chi connectivity index (χ3v) is 6.05. The molecule has 2 aliphatic rings. The van der Waals surface area contributed by atoms with Gasteiger partial charge in [-0.1, -0.05) is 6.42 Å². The van der Waals surface area contributed by atoms with E-state index in [4.69, 9.17) is 14.2 Å². The van der Waals surface area contributed by atoms with Crippen molar-refractivity contribution < 1.29 is 23.8 Å². The van der Waals surface area contributed by atoms with Gasteiger partial charge in [-0.05, 0) is 49.4 Å². The fourth-order valence-electron chi connectivity index (χ4n) is 3.51. The molecular weight excluding hydrogens is 366 g/mol. The molecule has 1 N–H and O–H groups in total. The molecule has 0 unspecified atom stereocenters. The second kappa shape index (κ2) is 7.60. The van der Waals surface area contributed by atoms with Crippen LogP contribution in [0.3, 0.4) is 0 Å². The number of carbonyl (C=O) groups is 2. The lowest BCUT2D eigenvalue weighted by Gasteiger charge is -2.18. The van der Waals surface area contributed by atoms with Gasteiger partial charge >= 0.3 is 5.97 Å². The maximum Gasteiger partial charge on any atom is 0.341 e. The number of aryl methyl sites for hydroxylation is 1. The number of amides is 1. The molecule has 0 spiro atoms.